The highest BCUT2D eigenvalue weighted by Crippen LogP contribution is 2.19. The van der Waals surface area contributed by atoms with E-state index >= 15 is 0 Å². The van der Waals surface area contributed by atoms with Crippen molar-refractivity contribution in [2.75, 3.05) is 13.2 Å². The van der Waals surface area contributed by atoms with Crippen molar-refractivity contribution in [1.29, 1.82) is 0 Å². The number of carbonyl (C=O) groups is 2. The summed E-state index contributed by atoms with van der Waals surface area (Å²) in [7, 11) is 0. The van der Waals surface area contributed by atoms with E-state index in [2.05, 4.69) is 31.3 Å². The zero-order valence-corrected chi connectivity index (χ0v) is 56.5. The minimum atomic E-state index is -0.845. The van der Waals surface area contributed by atoms with Crippen molar-refractivity contribution in [3.63, 3.8) is 0 Å². The largest absolute Gasteiger partial charge is 0.466 e. The van der Waals surface area contributed by atoms with Crippen LogP contribution in [0.15, 0.2) is 24.3 Å². The zero-order chi connectivity index (χ0) is 59.9. The number of ether oxygens (including phenoxy) is 1. The Balaban J connectivity index is 3.37. The SMILES string of the molecule is CCCCCCCCCCCCCCCCCCC/C=C/C(O)C(CO)NC(=O)CCCCCCCCCCCCCC/C=C\CCCCCCCCCCCCCCOC(=O)CCCCCCCCCCCCCCCCCCCCC. The minimum Gasteiger partial charge on any atom is -0.466 e. The van der Waals surface area contributed by atoms with Crippen LogP contribution in [-0.4, -0.2) is 47.4 Å². The van der Waals surface area contributed by atoms with Gasteiger partial charge in [-0.25, -0.2) is 0 Å². The van der Waals surface area contributed by atoms with E-state index in [0.717, 1.165) is 38.5 Å². The Kier molecular flexibility index (Phi) is 71.4. The zero-order valence-electron chi connectivity index (χ0n) is 56.5. The number of hydrogen-bond acceptors (Lipinski definition) is 5. The monoisotopic (exact) mass is 1170 g/mol. The van der Waals surface area contributed by atoms with Crippen molar-refractivity contribution >= 4 is 11.9 Å². The fourth-order valence-electron chi connectivity index (χ4n) is 12.2. The number of amides is 1. The molecule has 0 aliphatic heterocycles. The average Bonchev–Trinajstić information content (AvgIpc) is 3.49. The Morgan fingerprint density at radius 2 is 0.566 bits per heavy atom. The van der Waals surface area contributed by atoms with Crippen LogP contribution >= 0.6 is 0 Å². The first-order valence-electron chi connectivity index (χ1n) is 38.1. The highest BCUT2D eigenvalue weighted by atomic mass is 16.5. The number of aliphatic hydroxyl groups excluding tert-OH is 2. The molecule has 2 unspecified atom stereocenters. The molecule has 0 radical (unpaired) electrons. The maximum atomic E-state index is 12.5. The fraction of sp³-hybridized carbons (Fsp3) is 0.922. The summed E-state index contributed by atoms with van der Waals surface area (Å²) in [6.45, 7) is 4.96. The Bertz CT molecular complexity index is 1300. The van der Waals surface area contributed by atoms with Crippen LogP contribution in [0.5, 0.6) is 0 Å². The fourth-order valence-corrected chi connectivity index (χ4v) is 12.2. The highest BCUT2D eigenvalue weighted by Gasteiger charge is 2.18. The molecule has 1 amide bonds. The van der Waals surface area contributed by atoms with Gasteiger partial charge in [-0.1, -0.05) is 385 Å². The van der Waals surface area contributed by atoms with Crippen molar-refractivity contribution in [3.8, 4) is 0 Å². The van der Waals surface area contributed by atoms with Gasteiger partial charge in [0.25, 0.3) is 0 Å². The van der Waals surface area contributed by atoms with Gasteiger partial charge in [0.2, 0.25) is 5.91 Å². The number of esters is 1. The first-order valence-corrected chi connectivity index (χ1v) is 38.1. The van der Waals surface area contributed by atoms with Gasteiger partial charge >= 0.3 is 5.97 Å². The molecule has 0 fully saturated rings. The molecule has 0 aliphatic rings. The molecule has 3 N–H and O–H groups in total. The molecule has 492 valence electrons. The molecule has 0 saturated carbocycles. The Morgan fingerprint density at radius 3 is 0.855 bits per heavy atom. The summed E-state index contributed by atoms with van der Waals surface area (Å²) in [4.78, 5) is 24.6. The highest BCUT2D eigenvalue weighted by molar-refractivity contribution is 5.76. The van der Waals surface area contributed by atoms with E-state index in [-0.39, 0.29) is 18.5 Å². The number of rotatable bonds is 72. The lowest BCUT2D eigenvalue weighted by molar-refractivity contribution is -0.143. The summed E-state index contributed by atoms with van der Waals surface area (Å²) >= 11 is 0. The van der Waals surface area contributed by atoms with Crippen LogP contribution < -0.4 is 5.32 Å². The summed E-state index contributed by atoms with van der Waals surface area (Å²) < 4.78 is 5.52. The van der Waals surface area contributed by atoms with Crippen LogP contribution in [-0.2, 0) is 14.3 Å². The van der Waals surface area contributed by atoms with Crippen molar-refractivity contribution in [1.82, 2.24) is 5.32 Å². The van der Waals surface area contributed by atoms with Crippen LogP contribution in [0.25, 0.3) is 0 Å². The molecule has 0 bridgehead atoms. The second-order valence-corrected chi connectivity index (χ2v) is 26.3. The summed E-state index contributed by atoms with van der Waals surface area (Å²) in [5.74, 6) is -0.0426. The van der Waals surface area contributed by atoms with Gasteiger partial charge in [-0.05, 0) is 57.8 Å². The lowest BCUT2D eigenvalue weighted by Gasteiger charge is -2.20. The molecule has 6 nitrogen and oxygen atoms in total. The van der Waals surface area contributed by atoms with E-state index in [1.807, 2.05) is 6.08 Å². The number of unbranched alkanes of at least 4 members (excludes halogenated alkanes) is 59. The molecule has 0 spiro atoms. The molecule has 0 aromatic rings. The van der Waals surface area contributed by atoms with Crippen molar-refractivity contribution in [2.24, 2.45) is 0 Å². The predicted molar refractivity (Wildman–Crippen MR) is 366 cm³/mol. The van der Waals surface area contributed by atoms with Gasteiger partial charge in [0.15, 0.2) is 0 Å². The van der Waals surface area contributed by atoms with E-state index in [1.54, 1.807) is 6.08 Å². The number of hydrogen-bond donors (Lipinski definition) is 3. The summed E-state index contributed by atoms with van der Waals surface area (Å²) in [6.07, 6.45) is 92.8. The second kappa shape index (κ2) is 72.8. The lowest BCUT2D eigenvalue weighted by atomic mass is 10.0. The number of aliphatic hydroxyl groups is 2. The van der Waals surface area contributed by atoms with Gasteiger partial charge in [0.1, 0.15) is 0 Å². The molecule has 0 aromatic heterocycles. The lowest BCUT2D eigenvalue weighted by Crippen LogP contribution is -2.45. The first-order chi connectivity index (χ1) is 41.0. The molecule has 83 heavy (non-hydrogen) atoms. The third-order valence-corrected chi connectivity index (χ3v) is 18.0. The average molecular weight is 1170 g/mol. The molecule has 0 heterocycles. The summed E-state index contributed by atoms with van der Waals surface area (Å²) in [5.41, 5.74) is 0. The maximum Gasteiger partial charge on any atom is 0.305 e. The van der Waals surface area contributed by atoms with Crippen molar-refractivity contribution in [3.05, 3.63) is 24.3 Å². The van der Waals surface area contributed by atoms with Crippen molar-refractivity contribution in [2.45, 2.75) is 443 Å². The van der Waals surface area contributed by atoms with E-state index < -0.39 is 12.1 Å². The molecule has 2 atom stereocenters. The smallest absolute Gasteiger partial charge is 0.305 e. The van der Waals surface area contributed by atoms with Gasteiger partial charge in [0.05, 0.1) is 25.4 Å². The van der Waals surface area contributed by atoms with Crippen molar-refractivity contribution < 1.29 is 24.5 Å². The molecule has 0 aromatic carbocycles. The van der Waals surface area contributed by atoms with Gasteiger partial charge in [-0.2, -0.15) is 0 Å². The van der Waals surface area contributed by atoms with Gasteiger partial charge in [-0.3, -0.25) is 9.59 Å². The second-order valence-electron chi connectivity index (χ2n) is 26.3. The normalized spacial score (nSPS) is 12.6. The molecular weight excluding hydrogens is 1020 g/mol. The van der Waals surface area contributed by atoms with E-state index in [9.17, 15) is 19.8 Å². The molecular formula is C77H149NO5. The van der Waals surface area contributed by atoms with Crippen LogP contribution in [0.2, 0.25) is 0 Å². The Hall–Kier alpha value is -1.66. The molecule has 0 aliphatic carbocycles. The van der Waals surface area contributed by atoms with Crippen LogP contribution in [0.1, 0.15) is 431 Å². The quantitative estimate of drug-likeness (QED) is 0.0320. The molecule has 6 heteroatoms. The van der Waals surface area contributed by atoms with Gasteiger partial charge in [0, 0.05) is 12.8 Å². The summed E-state index contributed by atoms with van der Waals surface area (Å²) in [5, 5.41) is 23.2. The van der Waals surface area contributed by atoms with E-state index in [1.165, 1.54) is 366 Å². The molecule has 0 rings (SSSR count). The molecule has 0 saturated heterocycles. The first kappa shape index (κ1) is 81.3. The maximum absolute atomic E-state index is 12.5. The standard InChI is InChI=1S/C77H149NO5/c1-3-5-7-9-11-13-15-17-19-21-33-37-41-45-49-53-57-61-65-69-75(80)74(73-79)78-76(81)70-66-62-58-54-50-46-42-38-35-31-29-27-25-23-24-26-28-30-32-36-40-44-48-52-56-60-64-68-72-83-77(82)71-67-63-59-55-51-47-43-39-34-22-20-18-16-14-12-10-8-6-4-2/h23-24,65,69,74-75,79-80H,3-22,25-64,66-68,70-73H2,1-2H3,(H,78,81)/b24-23-,69-65+. The van der Waals surface area contributed by atoms with Crippen LogP contribution in [0, 0.1) is 0 Å². The third kappa shape index (κ3) is 69.3. The number of nitrogens with one attached hydrogen (secondary N) is 1. The Morgan fingerprint density at radius 1 is 0.325 bits per heavy atom. The van der Waals surface area contributed by atoms with Crippen LogP contribution in [0.3, 0.4) is 0 Å². The summed E-state index contributed by atoms with van der Waals surface area (Å²) in [6, 6.07) is -0.628. The van der Waals surface area contributed by atoms with Crippen LogP contribution in [0.4, 0.5) is 0 Å². The topological polar surface area (TPSA) is 95.9 Å². The number of allylic oxidation sites excluding steroid dienone is 3. The number of carbonyl (C=O) groups excluding carboxylic acids is 2. The predicted octanol–water partition coefficient (Wildman–Crippen LogP) is 24.9. The van der Waals surface area contributed by atoms with E-state index in [4.69, 9.17) is 4.74 Å². The van der Waals surface area contributed by atoms with Gasteiger partial charge in [-0.15, -0.1) is 0 Å². The minimum absolute atomic E-state index is 0.0213. The van der Waals surface area contributed by atoms with Gasteiger partial charge < -0.3 is 20.3 Å². The third-order valence-electron chi connectivity index (χ3n) is 18.0. The Labute approximate surface area is 520 Å². The van der Waals surface area contributed by atoms with E-state index in [0.29, 0.717) is 19.4 Å².